The summed E-state index contributed by atoms with van der Waals surface area (Å²) in [4.78, 5) is 11.9. The number of nitrogens with two attached hydrogens (primary N) is 1. The normalized spacial score (nSPS) is 10.6. The molecule has 1 heterocycles. The third-order valence-electron chi connectivity index (χ3n) is 3.54. The van der Waals surface area contributed by atoms with Crippen molar-refractivity contribution in [2.45, 2.75) is 33.2 Å². The van der Waals surface area contributed by atoms with E-state index in [2.05, 4.69) is 22.5 Å². The molecule has 2 aromatic rings. The van der Waals surface area contributed by atoms with Crippen LogP contribution >= 0.6 is 0 Å². The molecule has 0 bridgehead atoms. The minimum Gasteiger partial charge on any atom is -0.396 e. The van der Waals surface area contributed by atoms with Crippen molar-refractivity contribution < 1.29 is 4.79 Å². The maximum absolute atomic E-state index is 11.9. The molecule has 0 fully saturated rings. The number of hydrogen-bond acceptors (Lipinski definition) is 3. The molecule has 0 unspecified atom stereocenters. The number of hydrogen-bond donors (Lipinski definition) is 2. The van der Waals surface area contributed by atoms with Gasteiger partial charge in [-0.1, -0.05) is 30.3 Å². The highest BCUT2D eigenvalue weighted by Gasteiger charge is 2.10. The van der Waals surface area contributed by atoms with Gasteiger partial charge < -0.3 is 11.1 Å². The number of amides is 1. The van der Waals surface area contributed by atoms with Crippen LogP contribution in [0.15, 0.2) is 30.3 Å². The highest BCUT2D eigenvalue weighted by Crippen LogP contribution is 2.14. The van der Waals surface area contributed by atoms with E-state index in [0.717, 1.165) is 24.2 Å². The monoisotopic (exact) mass is 286 g/mol. The molecule has 0 aliphatic carbocycles. The van der Waals surface area contributed by atoms with Crippen molar-refractivity contribution in [1.82, 2.24) is 15.1 Å². The zero-order valence-corrected chi connectivity index (χ0v) is 12.6. The van der Waals surface area contributed by atoms with E-state index in [1.54, 1.807) is 4.68 Å². The summed E-state index contributed by atoms with van der Waals surface area (Å²) >= 11 is 0. The van der Waals surface area contributed by atoms with E-state index in [1.165, 1.54) is 5.56 Å². The third kappa shape index (κ3) is 4.08. The molecule has 0 aliphatic heterocycles. The van der Waals surface area contributed by atoms with Crippen molar-refractivity contribution in [3.63, 3.8) is 0 Å². The number of rotatable bonds is 6. The molecule has 5 nitrogen and oxygen atoms in total. The summed E-state index contributed by atoms with van der Waals surface area (Å²) in [5, 5.41) is 7.17. The van der Waals surface area contributed by atoms with Crippen molar-refractivity contribution in [3.05, 3.63) is 47.3 Å². The van der Waals surface area contributed by atoms with Crippen molar-refractivity contribution in [3.8, 4) is 0 Å². The molecule has 112 valence electrons. The van der Waals surface area contributed by atoms with Crippen LogP contribution in [-0.2, 0) is 17.8 Å². The number of nitrogens with one attached hydrogen (secondary N) is 1. The van der Waals surface area contributed by atoms with E-state index in [9.17, 15) is 4.79 Å². The maximum atomic E-state index is 11.9. The summed E-state index contributed by atoms with van der Waals surface area (Å²) in [5.41, 5.74) is 9.41. The lowest BCUT2D eigenvalue weighted by Gasteiger charge is -2.07. The number of anilines is 1. The molecule has 2 rings (SSSR count). The molecule has 21 heavy (non-hydrogen) atoms. The van der Waals surface area contributed by atoms with E-state index in [4.69, 9.17) is 5.73 Å². The van der Waals surface area contributed by atoms with Crippen LogP contribution in [0.5, 0.6) is 0 Å². The second kappa shape index (κ2) is 6.92. The average molecular weight is 286 g/mol. The van der Waals surface area contributed by atoms with Gasteiger partial charge in [0.2, 0.25) is 5.91 Å². The van der Waals surface area contributed by atoms with Crippen LogP contribution in [0.3, 0.4) is 0 Å². The number of aryl methyl sites for hydroxylation is 2. The molecule has 0 spiro atoms. The second-order valence-electron chi connectivity index (χ2n) is 5.18. The Kier molecular flexibility index (Phi) is 4.98. The third-order valence-corrected chi connectivity index (χ3v) is 3.54. The van der Waals surface area contributed by atoms with Crippen LogP contribution in [0.1, 0.15) is 23.4 Å². The molecule has 3 N–H and O–H groups in total. The SMILES string of the molecule is Cc1nn(CC(=O)NCCCc2ccccc2)c(C)c1N. The largest absolute Gasteiger partial charge is 0.396 e. The van der Waals surface area contributed by atoms with Gasteiger partial charge in [-0.25, -0.2) is 0 Å². The molecule has 0 atom stereocenters. The zero-order valence-electron chi connectivity index (χ0n) is 12.6. The van der Waals surface area contributed by atoms with Gasteiger partial charge in [0, 0.05) is 6.54 Å². The molecule has 5 heteroatoms. The number of carbonyl (C=O) groups excluding carboxylic acids is 1. The van der Waals surface area contributed by atoms with Crippen LogP contribution in [0.25, 0.3) is 0 Å². The molecular formula is C16H22N4O. The van der Waals surface area contributed by atoms with E-state index < -0.39 is 0 Å². The molecule has 1 amide bonds. The number of benzene rings is 1. The highest BCUT2D eigenvalue weighted by molar-refractivity contribution is 5.75. The lowest BCUT2D eigenvalue weighted by Crippen LogP contribution is -2.29. The fourth-order valence-electron chi connectivity index (χ4n) is 2.22. The first-order chi connectivity index (χ1) is 10.1. The Bertz CT molecular complexity index is 604. The molecule has 0 aliphatic rings. The van der Waals surface area contributed by atoms with Crippen molar-refractivity contribution in [1.29, 1.82) is 0 Å². The summed E-state index contributed by atoms with van der Waals surface area (Å²) < 4.78 is 1.65. The molecule has 0 radical (unpaired) electrons. The van der Waals surface area contributed by atoms with Gasteiger partial charge in [0.25, 0.3) is 0 Å². The minimum absolute atomic E-state index is 0.0336. The Morgan fingerprint density at radius 3 is 2.62 bits per heavy atom. The second-order valence-corrected chi connectivity index (χ2v) is 5.18. The van der Waals surface area contributed by atoms with E-state index in [1.807, 2.05) is 32.0 Å². The van der Waals surface area contributed by atoms with Gasteiger partial charge in [-0.15, -0.1) is 0 Å². The first-order valence-corrected chi connectivity index (χ1v) is 7.18. The Morgan fingerprint density at radius 1 is 1.29 bits per heavy atom. The summed E-state index contributed by atoms with van der Waals surface area (Å²) in [7, 11) is 0. The first kappa shape index (κ1) is 15.1. The van der Waals surface area contributed by atoms with Crippen LogP contribution in [0, 0.1) is 13.8 Å². The van der Waals surface area contributed by atoms with Gasteiger partial charge in [-0.3, -0.25) is 9.48 Å². The predicted octanol–water partition coefficient (Wildman–Crippen LogP) is 1.83. The highest BCUT2D eigenvalue weighted by atomic mass is 16.2. The van der Waals surface area contributed by atoms with Crippen molar-refractivity contribution >= 4 is 11.6 Å². The van der Waals surface area contributed by atoms with Crippen LogP contribution in [0.4, 0.5) is 5.69 Å². The smallest absolute Gasteiger partial charge is 0.241 e. The van der Waals surface area contributed by atoms with Crippen LogP contribution < -0.4 is 11.1 Å². The Balaban J connectivity index is 1.74. The lowest BCUT2D eigenvalue weighted by atomic mass is 10.1. The van der Waals surface area contributed by atoms with Gasteiger partial charge in [-0.2, -0.15) is 5.10 Å². The topological polar surface area (TPSA) is 72.9 Å². The quantitative estimate of drug-likeness (QED) is 0.796. The molecule has 1 aromatic carbocycles. The molecule has 0 saturated heterocycles. The van der Waals surface area contributed by atoms with Gasteiger partial charge in [-0.05, 0) is 32.3 Å². The fraction of sp³-hybridized carbons (Fsp3) is 0.375. The Hall–Kier alpha value is -2.30. The molecule has 1 aromatic heterocycles. The van der Waals surface area contributed by atoms with Gasteiger partial charge >= 0.3 is 0 Å². The Morgan fingerprint density at radius 2 is 2.00 bits per heavy atom. The van der Waals surface area contributed by atoms with Gasteiger partial charge in [0.05, 0.1) is 17.1 Å². The number of nitrogens with zero attached hydrogens (tertiary/aromatic N) is 2. The Labute approximate surface area is 125 Å². The number of aromatic nitrogens is 2. The molecular weight excluding hydrogens is 264 g/mol. The van der Waals surface area contributed by atoms with E-state index >= 15 is 0 Å². The van der Waals surface area contributed by atoms with Gasteiger partial charge in [0.1, 0.15) is 6.54 Å². The summed E-state index contributed by atoms with van der Waals surface area (Å²) in [6.45, 7) is 4.60. The summed E-state index contributed by atoms with van der Waals surface area (Å²) in [6, 6.07) is 10.3. The lowest BCUT2D eigenvalue weighted by molar-refractivity contribution is -0.121. The zero-order chi connectivity index (χ0) is 15.2. The van der Waals surface area contributed by atoms with Crippen LogP contribution in [-0.4, -0.2) is 22.2 Å². The fourth-order valence-corrected chi connectivity index (χ4v) is 2.22. The van der Waals surface area contributed by atoms with Crippen LogP contribution in [0.2, 0.25) is 0 Å². The van der Waals surface area contributed by atoms with E-state index in [0.29, 0.717) is 12.2 Å². The van der Waals surface area contributed by atoms with Crippen molar-refractivity contribution in [2.75, 3.05) is 12.3 Å². The average Bonchev–Trinajstić information content (AvgIpc) is 2.72. The predicted molar refractivity (Wildman–Crippen MR) is 83.9 cm³/mol. The maximum Gasteiger partial charge on any atom is 0.241 e. The van der Waals surface area contributed by atoms with Crippen molar-refractivity contribution in [2.24, 2.45) is 0 Å². The number of nitrogen functional groups attached to an aromatic ring is 1. The summed E-state index contributed by atoms with van der Waals surface area (Å²) in [5.74, 6) is -0.0336. The minimum atomic E-state index is -0.0336. The standard InChI is InChI=1S/C16H22N4O/c1-12-16(17)13(2)20(19-12)11-15(21)18-10-6-9-14-7-4-3-5-8-14/h3-5,7-8H,6,9-11,17H2,1-2H3,(H,18,21). The number of carbonyl (C=O) groups is 1. The first-order valence-electron chi connectivity index (χ1n) is 7.18. The van der Waals surface area contributed by atoms with Gasteiger partial charge in [0.15, 0.2) is 0 Å². The molecule has 0 saturated carbocycles. The van der Waals surface area contributed by atoms with E-state index in [-0.39, 0.29) is 12.5 Å². The summed E-state index contributed by atoms with van der Waals surface area (Å²) in [6.07, 6.45) is 1.89.